The smallest absolute Gasteiger partial charge is 0.315 e. The summed E-state index contributed by atoms with van der Waals surface area (Å²) in [7, 11) is -3.19. The van der Waals surface area contributed by atoms with Crippen molar-refractivity contribution in [2.45, 2.75) is 43.5 Å². The summed E-state index contributed by atoms with van der Waals surface area (Å²) in [6.07, 6.45) is 5.27. The minimum absolute atomic E-state index is 0.155. The van der Waals surface area contributed by atoms with Crippen LogP contribution < -0.4 is 10.6 Å². The summed E-state index contributed by atoms with van der Waals surface area (Å²) in [4.78, 5) is 15.7. The minimum atomic E-state index is -3.19. The maximum atomic E-state index is 12.7. The Morgan fingerprint density at radius 3 is 2.73 bits per heavy atom. The normalized spacial score (nSPS) is 22.1. The fraction of sp³-hybridized carbons (Fsp3) is 0.571. The highest BCUT2D eigenvalue weighted by molar-refractivity contribution is 7.91. The number of carbonyl (C=O) groups is 1. The maximum absolute atomic E-state index is 12.7. The zero-order valence-electron chi connectivity index (χ0n) is 12.4. The monoisotopic (exact) mass is 329 g/mol. The molecule has 0 saturated heterocycles. The first kappa shape index (κ1) is 16.7. The van der Waals surface area contributed by atoms with Gasteiger partial charge in [0.25, 0.3) is 0 Å². The lowest BCUT2D eigenvalue weighted by Gasteiger charge is -2.30. The standard InChI is InChI=1S/C14H20FN3O3S/c1-22(20,21)13-5-3-2-4-12(13)18-14(19)17-9-11-7-6-10(15)8-16-11/h6-8,12-13H,2-5,9H2,1H3,(H2,17,18,19)/t12-,13-/m1/s1. The van der Waals surface area contributed by atoms with Crippen molar-refractivity contribution >= 4 is 15.9 Å². The van der Waals surface area contributed by atoms with E-state index < -0.39 is 26.9 Å². The quantitative estimate of drug-likeness (QED) is 0.873. The molecule has 1 aliphatic rings. The molecular formula is C14H20FN3O3S. The zero-order chi connectivity index (χ0) is 16.2. The third-order valence-corrected chi connectivity index (χ3v) is 5.45. The Balaban J connectivity index is 1.88. The van der Waals surface area contributed by atoms with Gasteiger partial charge in [0, 0.05) is 12.3 Å². The number of halogens is 1. The summed E-state index contributed by atoms with van der Waals surface area (Å²) in [6.45, 7) is 0.155. The average molecular weight is 329 g/mol. The number of hydrogen-bond acceptors (Lipinski definition) is 4. The van der Waals surface area contributed by atoms with E-state index in [4.69, 9.17) is 0 Å². The second-order valence-corrected chi connectivity index (χ2v) is 7.82. The molecule has 0 aliphatic heterocycles. The van der Waals surface area contributed by atoms with Gasteiger partial charge in [0.15, 0.2) is 9.84 Å². The van der Waals surface area contributed by atoms with Crippen LogP contribution in [0.5, 0.6) is 0 Å². The van der Waals surface area contributed by atoms with E-state index in [-0.39, 0.29) is 12.6 Å². The van der Waals surface area contributed by atoms with Crippen LogP contribution in [0.25, 0.3) is 0 Å². The van der Waals surface area contributed by atoms with Crippen molar-refractivity contribution < 1.29 is 17.6 Å². The maximum Gasteiger partial charge on any atom is 0.315 e. The SMILES string of the molecule is CS(=O)(=O)[C@@H]1CCCC[C@H]1NC(=O)NCc1ccc(F)cn1. The predicted octanol–water partition coefficient (Wildman–Crippen LogP) is 1.38. The molecule has 0 spiro atoms. The Morgan fingerprint density at radius 2 is 2.09 bits per heavy atom. The first-order valence-corrected chi connectivity index (χ1v) is 9.15. The Labute approximate surface area is 129 Å². The lowest BCUT2D eigenvalue weighted by Crippen LogP contribution is -2.51. The fourth-order valence-electron chi connectivity index (χ4n) is 2.68. The molecule has 0 unspecified atom stereocenters. The van der Waals surface area contributed by atoms with E-state index >= 15 is 0 Å². The number of urea groups is 1. The Hall–Kier alpha value is -1.70. The summed E-state index contributed by atoms with van der Waals surface area (Å²) >= 11 is 0. The van der Waals surface area contributed by atoms with Crippen molar-refractivity contribution in [1.29, 1.82) is 0 Å². The summed E-state index contributed by atoms with van der Waals surface area (Å²) in [6, 6.07) is 1.94. The third-order valence-electron chi connectivity index (χ3n) is 3.79. The summed E-state index contributed by atoms with van der Waals surface area (Å²) < 4.78 is 36.3. The van der Waals surface area contributed by atoms with E-state index in [2.05, 4.69) is 15.6 Å². The molecule has 0 radical (unpaired) electrons. The van der Waals surface area contributed by atoms with Crippen molar-refractivity contribution in [3.05, 3.63) is 29.8 Å². The van der Waals surface area contributed by atoms with E-state index in [1.807, 2.05) is 0 Å². The number of nitrogens with one attached hydrogen (secondary N) is 2. The van der Waals surface area contributed by atoms with Crippen LogP contribution in [0.3, 0.4) is 0 Å². The molecule has 8 heteroatoms. The van der Waals surface area contributed by atoms with Crippen molar-refractivity contribution in [2.24, 2.45) is 0 Å². The molecule has 0 bridgehead atoms. The molecule has 1 heterocycles. The number of carbonyl (C=O) groups excluding carboxylic acids is 1. The number of sulfone groups is 1. The molecule has 2 amide bonds. The van der Waals surface area contributed by atoms with E-state index in [1.54, 1.807) is 0 Å². The molecule has 22 heavy (non-hydrogen) atoms. The molecule has 2 atom stereocenters. The second-order valence-electron chi connectivity index (χ2n) is 5.55. The number of aromatic nitrogens is 1. The third kappa shape index (κ3) is 4.66. The summed E-state index contributed by atoms with van der Waals surface area (Å²) in [5, 5.41) is 4.80. The molecule has 1 saturated carbocycles. The van der Waals surface area contributed by atoms with Gasteiger partial charge < -0.3 is 10.6 Å². The lowest BCUT2D eigenvalue weighted by molar-refractivity contribution is 0.232. The van der Waals surface area contributed by atoms with Gasteiger partial charge in [0.1, 0.15) is 5.82 Å². The number of nitrogens with zero attached hydrogens (tertiary/aromatic N) is 1. The van der Waals surface area contributed by atoms with Gasteiger partial charge in [-0.3, -0.25) is 4.98 Å². The Kier molecular flexibility index (Phi) is 5.33. The van der Waals surface area contributed by atoms with Crippen LogP contribution in [-0.4, -0.2) is 37.0 Å². The largest absolute Gasteiger partial charge is 0.334 e. The second kappa shape index (κ2) is 7.04. The molecular weight excluding hydrogens is 309 g/mol. The van der Waals surface area contributed by atoms with Gasteiger partial charge in [-0.15, -0.1) is 0 Å². The van der Waals surface area contributed by atoms with E-state index in [1.165, 1.54) is 18.4 Å². The van der Waals surface area contributed by atoms with Crippen LogP contribution in [0, 0.1) is 5.82 Å². The van der Waals surface area contributed by atoms with E-state index in [0.29, 0.717) is 18.5 Å². The average Bonchev–Trinajstić information content (AvgIpc) is 2.46. The summed E-state index contributed by atoms with van der Waals surface area (Å²) in [5.41, 5.74) is 0.528. The van der Waals surface area contributed by atoms with Crippen molar-refractivity contribution in [2.75, 3.05) is 6.26 Å². The van der Waals surface area contributed by atoms with Gasteiger partial charge in [-0.1, -0.05) is 12.8 Å². The topological polar surface area (TPSA) is 88.2 Å². The van der Waals surface area contributed by atoms with Crippen LogP contribution in [-0.2, 0) is 16.4 Å². The molecule has 1 fully saturated rings. The van der Waals surface area contributed by atoms with E-state index in [9.17, 15) is 17.6 Å². The number of amides is 2. The van der Waals surface area contributed by atoms with Crippen LogP contribution in [0.2, 0.25) is 0 Å². The first-order chi connectivity index (χ1) is 10.4. The highest BCUT2D eigenvalue weighted by Gasteiger charge is 2.33. The van der Waals surface area contributed by atoms with Gasteiger partial charge in [0.2, 0.25) is 0 Å². The molecule has 2 N–H and O–H groups in total. The molecule has 1 aliphatic carbocycles. The van der Waals surface area contributed by atoms with Gasteiger partial charge in [-0.2, -0.15) is 0 Å². The molecule has 6 nitrogen and oxygen atoms in total. The fourth-order valence-corrected chi connectivity index (χ4v) is 4.07. The molecule has 0 aromatic carbocycles. The molecule has 122 valence electrons. The highest BCUT2D eigenvalue weighted by Crippen LogP contribution is 2.23. The van der Waals surface area contributed by atoms with E-state index in [0.717, 1.165) is 19.0 Å². The predicted molar refractivity (Wildman–Crippen MR) is 80.5 cm³/mol. The highest BCUT2D eigenvalue weighted by atomic mass is 32.2. The number of rotatable bonds is 4. The van der Waals surface area contributed by atoms with Crippen molar-refractivity contribution in [3.63, 3.8) is 0 Å². The molecule has 1 aromatic heterocycles. The molecule has 2 rings (SSSR count). The van der Waals surface area contributed by atoms with Crippen LogP contribution in [0.4, 0.5) is 9.18 Å². The number of hydrogen-bond donors (Lipinski definition) is 2. The minimum Gasteiger partial charge on any atom is -0.334 e. The van der Waals surface area contributed by atoms with Gasteiger partial charge in [0.05, 0.1) is 23.7 Å². The van der Waals surface area contributed by atoms with Crippen molar-refractivity contribution in [1.82, 2.24) is 15.6 Å². The van der Waals surface area contributed by atoms with Gasteiger partial charge >= 0.3 is 6.03 Å². The first-order valence-electron chi connectivity index (χ1n) is 7.20. The lowest BCUT2D eigenvalue weighted by atomic mass is 9.95. The van der Waals surface area contributed by atoms with Gasteiger partial charge in [-0.05, 0) is 25.0 Å². The van der Waals surface area contributed by atoms with Crippen molar-refractivity contribution in [3.8, 4) is 0 Å². The van der Waals surface area contributed by atoms with Gasteiger partial charge in [-0.25, -0.2) is 17.6 Å². The Morgan fingerprint density at radius 1 is 1.36 bits per heavy atom. The zero-order valence-corrected chi connectivity index (χ0v) is 13.2. The molecule has 1 aromatic rings. The number of pyridine rings is 1. The van der Waals surface area contributed by atoms with Crippen LogP contribution in [0.1, 0.15) is 31.4 Å². The summed E-state index contributed by atoms with van der Waals surface area (Å²) in [5.74, 6) is -0.439. The van der Waals surface area contributed by atoms with Crippen LogP contribution >= 0.6 is 0 Å². The Bertz CT molecular complexity index is 619. The van der Waals surface area contributed by atoms with Crippen LogP contribution in [0.15, 0.2) is 18.3 Å².